The molecule has 0 heterocycles. The van der Waals surface area contributed by atoms with Gasteiger partial charge in [0.15, 0.2) is 0 Å². The lowest BCUT2D eigenvalue weighted by Gasteiger charge is -2.10. The molecule has 0 aliphatic heterocycles. The summed E-state index contributed by atoms with van der Waals surface area (Å²) in [5.74, 6) is 0. The van der Waals surface area contributed by atoms with Crippen LogP contribution in [0.2, 0.25) is 0 Å². The summed E-state index contributed by atoms with van der Waals surface area (Å²) in [6.45, 7) is 8.78. The van der Waals surface area contributed by atoms with Crippen molar-refractivity contribution in [2.45, 2.75) is 20.8 Å². The molecule has 0 spiro atoms. The Bertz CT molecular complexity index is 76.4. The van der Waals surface area contributed by atoms with Gasteiger partial charge in [-0.25, -0.2) is 0 Å². The van der Waals surface area contributed by atoms with Gasteiger partial charge in [0.2, 0.25) is 0 Å². The summed E-state index contributed by atoms with van der Waals surface area (Å²) in [4.78, 5) is 0. The van der Waals surface area contributed by atoms with E-state index < -0.39 is 0 Å². The minimum Gasteiger partial charge on any atom is -0.279 e. The maximum absolute atomic E-state index is 3.94. The van der Waals surface area contributed by atoms with Crippen LogP contribution in [-0.2, 0) is 0 Å². The van der Waals surface area contributed by atoms with Crippen LogP contribution < -0.4 is 0 Å². The number of hydrogen-bond donors (Lipinski definition) is 0. The molecule has 0 radical (unpaired) electrons. The van der Waals surface area contributed by atoms with E-state index in [0.29, 0.717) is 0 Å². The minimum atomic E-state index is 0.774. The molecule has 54 valence electrons. The zero-order valence-corrected chi connectivity index (χ0v) is 6.46. The molecule has 0 N–H and O–H groups in total. The number of nitrogens with zero attached hydrogens (tertiary/aromatic N) is 3. The highest BCUT2D eigenvalue weighted by Gasteiger charge is 1.88. The first-order valence-corrected chi connectivity index (χ1v) is 3.47. The summed E-state index contributed by atoms with van der Waals surface area (Å²) < 4.78 is 0. The molecule has 0 aliphatic rings. The number of hydrogen-bond acceptors (Lipinski definition) is 2. The zero-order valence-electron chi connectivity index (χ0n) is 6.46. The van der Waals surface area contributed by atoms with Crippen LogP contribution in [0.3, 0.4) is 0 Å². The van der Waals surface area contributed by atoms with Crippen LogP contribution in [0.5, 0.6) is 0 Å². The van der Waals surface area contributed by atoms with E-state index in [0.717, 1.165) is 19.6 Å². The molecule has 0 rings (SSSR count). The summed E-state index contributed by atoms with van der Waals surface area (Å²) in [5, 5.41) is 9.72. The van der Waals surface area contributed by atoms with Crippen molar-refractivity contribution in [2.24, 2.45) is 10.3 Å². The Morgan fingerprint density at radius 2 is 1.67 bits per heavy atom. The van der Waals surface area contributed by atoms with Crippen molar-refractivity contribution in [1.29, 1.82) is 0 Å². The van der Waals surface area contributed by atoms with Gasteiger partial charge in [-0.2, -0.15) is 5.11 Å². The molecule has 0 saturated carbocycles. The molecule has 0 aromatic carbocycles. The zero-order chi connectivity index (χ0) is 7.11. The lowest BCUT2D eigenvalue weighted by Crippen LogP contribution is -2.14. The van der Waals surface area contributed by atoms with Crippen LogP contribution in [-0.4, -0.2) is 24.6 Å². The van der Waals surface area contributed by atoms with Gasteiger partial charge in [-0.15, -0.1) is 0 Å². The third kappa shape index (κ3) is 3.94. The van der Waals surface area contributed by atoms with Crippen molar-refractivity contribution < 1.29 is 0 Å². The average Bonchev–Trinajstić information content (AvgIpc) is 1.91. The quantitative estimate of drug-likeness (QED) is 0.419. The van der Waals surface area contributed by atoms with Crippen molar-refractivity contribution in [3.8, 4) is 0 Å². The second-order valence-electron chi connectivity index (χ2n) is 1.69. The van der Waals surface area contributed by atoms with Crippen LogP contribution in [0.25, 0.3) is 0 Å². The van der Waals surface area contributed by atoms with E-state index in [1.807, 2.05) is 11.9 Å². The largest absolute Gasteiger partial charge is 0.279 e. The Balaban J connectivity index is 3.41. The second-order valence-corrected chi connectivity index (χ2v) is 1.69. The molecule has 0 bridgehead atoms. The maximum atomic E-state index is 3.94. The molecule has 3 heteroatoms. The van der Waals surface area contributed by atoms with E-state index in [1.54, 1.807) is 0 Å². The second kappa shape index (κ2) is 5.54. The molecular weight excluding hydrogens is 114 g/mol. The molecule has 0 atom stereocenters. The highest BCUT2D eigenvalue weighted by atomic mass is 15.5. The van der Waals surface area contributed by atoms with E-state index in [4.69, 9.17) is 0 Å². The molecule has 9 heavy (non-hydrogen) atoms. The lowest BCUT2D eigenvalue weighted by molar-refractivity contribution is 0.296. The standard InChI is InChI=1S/C6H15N3/c1-4-7-8-9(5-2)6-3/h4-6H2,1-3H3. The molecule has 0 saturated heterocycles. The molecule has 3 nitrogen and oxygen atoms in total. The van der Waals surface area contributed by atoms with Gasteiger partial charge in [-0.05, 0) is 20.8 Å². The van der Waals surface area contributed by atoms with Crippen molar-refractivity contribution >= 4 is 0 Å². The fourth-order valence-electron chi connectivity index (χ4n) is 0.503. The van der Waals surface area contributed by atoms with Crippen molar-refractivity contribution in [1.82, 2.24) is 5.01 Å². The molecule has 0 unspecified atom stereocenters. The first-order chi connectivity index (χ1) is 4.35. The van der Waals surface area contributed by atoms with E-state index >= 15 is 0 Å². The monoisotopic (exact) mass is 129 g/mol. The van der Waals surface area contributed by atoms with Crippen molar-refractivity contribution in [3.63, 3.8) is 0 Å². The predicted octanol–water partition coefficient (Wildman–Crippen LogP) is 1.72. The number of rotatable bonds is 4. The summed E-state index contributed by atoms with van der Waals surface area (Å²) in [5.41, 5.74) is 0. The van der Waals surface area contributed by atoms with E-state index in [-0.39, 0.29) is 0 Å². The van der Waals surface area contributed by atoms with E-state index in [2.05, 4.69) is 24.2 Å². The van der Waals surface area contributed by atoms with E-state index in [9.17, 15) is 0 Å². The van der Waals surface area contributed by atoms with Gasteiger partial charge in [-0.1, -0.05) is 5.22 Å². The SMILES string of the molecule is CCN=NN(CC)CC. The summed E-state index contributed by atoms with van der Waals surface area (Å²) >= 11 is 0. The van der Waals surface area contributed by atoms with Crippen molar-refractivity contribution in [3.05, 3.63) is 0 Å². The smallest absolute Gasteiger partial charge is 0.0592 e. The van der Waals surface area contributed by atoms with Gasteiger partial charge in [0.1, 0.15) is 0 Å². The normalized spacial score (nSPS) is 10.6. The Kier molecular flexibility index (Phi) is 5.17. The summed E-state index contributed by atoms with van der Waals surface area (Å²) in [6, 6.07) is 0. The van der Waals surface area contributed by atoms with Crippen LogP contribution in [0, 0.1) is 0 Å². The fraction of sp³-hybridized carbons (Fsp3) is 1.00. The molecule has 0 amide bonds. The van der Waals surface area contributed by atoms with Gasteiger partial charge >= 0.3 is 0 Å². The van der Waals surface area contributed by atoms with Gasteiger partial charge < -0.3 is 0 Å². The van der Waals surface area contributed by atoms with E-state index in [1.165, 1.54) is 0 Å². The third-order valence-electron chi connectivity index (χ3n) is 1.06. The topological polar surface area (TPSA) is 28.0 Å². The average molecular weight is 129 g/mol. The van der Waals surface area contributed by atoms with Crippen LogP contribution >= 0.6 is 0 Å². The maximum Gasteiger partial charge on any atom is 0.0592 e. The van der Waals surface area contributed by atoms with Crippen LogP contribution in [0.1, 0.15) is 20.8 Å². The molecule has 0 aromatic heterocycles. The molecule has 0 aromatic rings. The summed E-state index contributed by atoms with van der Waals surface area (Å²) in [6.07, 6.45) is 0. The lowest BCUT2D eigenvalue weighted by atomic mass is 10.6. The Morgan fingerprint density at radius 3 is 2.00 bits per heavy atom. The Labute approximate surface area is 56.7 Å². The summed E-state index contributed by atoms with van der Waals surface area (Å²) in [7, 11) is 0. The van der Waals surface area contributed by atoms with Crippen molar-refractivity contribution in [2.75, 3.05) is 19.6 Å². The predicted molar refractivity (Wildman–Crippen MR) is 38.3 cm³/mol. The van der Waals surface area contributed by atoms with Gasteiger partial charge in [0.25, 0.3) is 0 Å². The Hall–Kier alpha value is -0.600. The molecule has 0 aliphatic carbocycles. The first kappa shape index (κ1) is 8.40. The van der Waals surface area contributed by atoms with Crippen LogP contribution in [0.4, 0.5) is 0 Å². The molecule has 0 fully saturated rings. The molecular formula is C6H15N3. The van der Waals surface area contributed by atoms with Gasteiger partial charge in [0, 0.05) is 13.1 Å². The fourth-order valence-corrected chi connectivity index (χ4v) is 0.503. The highest BCUT2D eigenvalue weighted by molar-refractivity contribution is 4.38. The highest BCUT2D eigenvalue weighted by Crippen LogP contribution is 1.87. The third-order valence-corrected chi connectivity index (χ3v) is 1.06. The van der Waals surface area contributed by atoms with Gasteiger partial charge in [0.05, 0.1) is 6.54 Å². The van der Waals surface area contributed by atoms with Gasteiger partial charge in [-0.3, -0.25) is 5.01 Å². The first-order valence-electron chi connectivity index (χ1n) is 3.47. The van der Waals surface area contributed by atoms with Crippen LogP contribution in [0.15, 0.2) is 10.3 Å². The minimum absolute atomic E-state index is 0.774. The Morgan fingerprint density at radius 1 is 1.11 bits per heavy atom.